The van der Waals surface area contributed by atoms with Crippen LogP contribution in [0.5, 0.6) is 0 Å². The molecule has 0 bridgehead atoms. The monoisotopic (exact) mass is 319 g/mol. The van der Waals surface area contributed by atoms with Crippen LogP contribution in [0.4, 0.5) is 5.82 Å². The van der Waals surface area contributed by atoms with E-state index >= 15 is 0 Å². The zero-order valence-electron chi connectivity index (χ0n) is 12.3. The second kappa shape index (κ2) is 6.67. The summed E-state index contributed by atoms with van der Waals surface area (Å²) in [6.07, 6.45) is 1.56. The maximum absolute atomic E-state index is 12.1. The average molecular weight is 319 g/mol. The number of nitrogens with one attached hydrogen (secondary N) is 2. The summed E-state index contributed by atoms with van der Waals surface area (Å²) >= 11 is 0. The van der Waals surface area contributed by atoms with Gasteiger partial charge in [0, 0.05) is 17.8 Å². The van der Waals surface area contributed by atoms with Crippen LogP contribution < -0.4 is 10.0 Å². The number of anilines is 1. The minimum atomic E-state index is -3.63. The van der Waals surface area contributed by atoms with Gasteiger partial charge in [0.25, 0.3) is 5.91 Å². The molecule has 2 rings (SSSR count). The first-order chi connectivity index (χ1) is 10.4. The molecule has 2 aromatic rings. The summed E-state index contributed by atoms with van der Waals surface area (Å²) in [6, 6.07) is 10.8. The highest BCUT2D eigenvalue weighted by Gasteiger charge is 2.17. The standard InChI is InChI=1S/C15H17N3O3S/c1-11(2)18-22(20,21)13-7-5-6-12(10-13)15(19)17-14-8-3-4-9-16-14/h3-11,18H,1-2H3,(H,16,17,19). The van der Waals surface area contributed by atoms with Crippen molar-refractivity contribution in [3.05, 3.63) is 54.2 Å². The summed E-state index contributed by atoms with van der Waals surface area (Å²) in [4.78, 5) is 16.2. The van der Waals surface area contributed by atoms with Crippen molar-refractivity contribution in [1.29, 1.82) is 0 Å². The molecule has 1 heterocycles. The minimum absolute atomic E-state index is 0.0508. The molecule has 0 aliphatic heterocycles. The summed E-state index contributed by atoms with van der Waals surface area (Å²) in [5.41, 5.74) is 0.247. The van der Waals surface area contributed by atoms with Gasteiger partial charge in [0.05, 0.1) is 4.90 Å². The Labute approximate surface area is 129 Å². The van der Waals surface area contributed by atoms with Gasteiger partial charge in [0.1, 0.15) is 5.82 Å². The number of hydrogen-bond acceptors (Lipinski definition) is 4. The number of carbonyl (C=O) groups excluding carboxylic acids is 1. The Morgan fingerprint density at radius 3 is 2.55 bits per heavy atom. The fourth-order valence-corrected chi connectivity index (χ4v) is 3.10. The van der Waals surface area contributed by atoms with Crippen molar-refractivity contribution in [3.63, 3.8) is 0 Å². The lowest BCUT2D eigenvalue weighted by atomic mass is 10.2. The molecule has 1 amide bonds. The Morgan fingerprint density at radius 2 is 1.91 bits per heavy atom. The number of benzene rings is 1. The fraction of sp³-hybridized carbons (Fsp3) is 0.200. The molecule has 6 nitrogen and oxygen atoms in total. The predicted molar refractivity (Wildman–Crippen MR) is 84.1 cm³/mol. The Bertz CT molecular complexity index is 759. The number of amides is 1. The first kappa shape index (κ1) is 16.1. The summed E-state index contributed by atoms with van der Waals surface area (Å²) in [7, 11) is -3.63. The number of carbonyl (C=O) groups is 1. The van der Waals surface area contributed by atoms with Crippen molar-refractivity contribution in [2.24, 2.45) is 0 Å². The zero-order chi connectivity index (χ0) is 16.2. The molecule has 0 fully saturated rings. The highest BCUT2D eigenvalue weighted by molar-refractivity contribution is 7.89. The molecule has 0 spiro atoms. The van der Waals surface area contributed by atoms with E-state index in [9.17, 15) is 13.2 Å². The van der Waals surface area contributed by atoms with Crippen molar-refractivity contribution in [2.75, 3.05) is 5.32 Å². The minimum Gasteiger partial charge on any atom is -0.307 e. The van der Waals surface area contributed by atoms with Crippen molar-refractivity contribution in [1.82, 2.24) is 9.71 Å². The van der Waals surface area contributed by atoms with Gasteiger partial charge in [-0.15, -0.1) is 0 Å². The van der Waals surface area contributed by atoms with Crippen molar-refractivity contribution < 1.29 is 13.2 Å². The van der Waals surface area contributed by atoms with E-state index in [1.165, 1.54) is 18.2 Å². The van der Waals surface area contributed by atoms with E-state index in [0.717, 1.165) is 0 Å². The molecule has 0 aliphatic rings. The van der Waals surface area contributed by atoms with Crippen LogP contribution in [0, 0.1) is 0 Å². The molecule has 22 heavy (non-hydrogen) atoms. The Balaban J connectivity index is 2.23. The fourth-order valence-electron chi connectivity index (χ4n) is 1.81. The molecule has 0 aliphatic carbocycles. The van der Waals surface area contributed by atoms with E-state index in [2.05, 4.69) is 15.0 Å². The van der Waals surface area contributed by atoms with Gasteiger partial charge in [0.2, 0.25) is 10.0 Å². The predicted octanol–water partition coefficient (Wildman–Crippen LogP) is 2.02. The second-order valence-electron chi connectivity index (χ2n) is 4.97. The number of rotatable bonds is 5. The lowest BCUT2D eigenvalue weighted by molar-refractivity contribution is 0.102. The average Bonchev–Trinajstić information content (AvgIpc) is 2.47. The molecule has 0 radical (unpaired) electrons. The largest absolute Gasteiger partial charge is 0.307 e. The highest BCUT2D eigenvalue weighted by atomic mass is 32.2. The molecule has 1 aromatic carbocycles. The van der Waals surface area contributed by atoms with E-state index in [4.69, 9.17) is 0 Å². The molecule has 116 valence electrons. The van der Waals surface area contributed by atoms with Gasteiger partial charge in [-0.3, -0.25) is 4.79 Å². The van der Waals surface area contributed by atoms with E-state index in [-0.39, 0.29) is 16.5 Å². The van der Waals surface area contributed by atoms with Crippen LogP contribution in [0.3, 0.4) is 0 Å². The molecule has 1 aromatic heterocycles. The molecule has 0 saturated carbocycles. The van der Waals surface area contributed by atoms with Gasteiger partial charge in [-0.25, -0.2) is 18.1 Å². The molecule has 0 unspecified atom stereocenters. The Morgan fingerprint density at radius 1 is 1.14 bits per heavy atom. The topological polar surface area (TPSA) is 88.2 Å². The van der Waals surface area contributed by atoms with E-state index in [1.807, 2.05) is 0 Å². The summed E-state index contributed by atoms with van der Waals surface area (Å²) in [5, 5.41) is 2.61. The first-order valence-electron chi connectivity index (χ1n) is 6.73. The van der Waals surface area contributed by atoms with Crippen molar-refractivity contribution >= 4 is 21.7 Å². The van der Waals surface area contributed by atoms with Crippen LogP contribution >= 0.6 is 0 Å². The number of hydrogen-bond donors (Lipinski definition) is 2. The normalized spacial score (nSPS) is 11.4. The molecule has 7 heteroatoms. The lowest BCUT2D eigenvalue weighted by Crippen LogP contribution is -2.30. The third-order valence-electron chi connectivity index (χ3n) is 2.70. The highest BCUT2D eigenvalue weighted by Crippen LogP contribution is 2.13. The van der Waals surface area contributed by atoms with Gasteiger partial charge >= 0.3 is 0 Å². The maximum atomic E-state index is 12.1. The van der Waals surface area contributed by atoms with Gasteiger partial charge < -0.3 is 5.32 Å². The summed E-state index contributed by atoms with van der Waals surface area (Å²) in [6.45, 7) is 3.46. The quantitative estimate of drug-likeness (QED) is 0.882. The van der Waals surface area contributed by atoms with Crippen molar-refractivity contribution in [2.45, 2.75) is 24.8 Å². The van der Waals surface area contributed by atoms with E-state index < -0.39 is 15.9 Å². The second-order valence-corrected chi connectivity index (χ2v) is 6.69. The van der Waals surface area contributed by atoms with Crippen LogP contribution in [0.1, 0.15) is 24.2 Å². The Hall–Kier alpha value is -2.25. The number of nitrogens with zero attached hydrogens (tertiary/aromatic N) is 1. The maximum Gasteiger partial charge on any atom is 0.256 e. The SMILES string of the molecule is CC(C)NS(=O)(=O)c1cccc(C(=O)Nc2ccccn2)c1. The molecule has 2 N–H and O–H groups in total. The number of aromatic nitrogens is 1. The van der Waals surface area contributed by atoms with Crippen LogP contribution in [0.2, 0.25) is 0 Å². The lowest BCUT2D eigenvalue weighted by Gasteiger charge is -2.10. The molecule has 0 saturated heterocycles. The first-order valence-corrected chi connectivity index (χ1v) is 8.21. The van der Waals surface area contributed by atoms with Crippen LogP contribution in [0.25, 0.3) is 0 Å². The van der Waals surface area contributed by atoms with E-state index in [1.54, 1.807) is 44.3 Å². The number of pyridine rings is 1. The van der Waals surface area contributed by atoms with Crippen LogP contribution in [0.15, 0.2) is 53.6 Å². The van der Waals surface area contributed by atoms with Crippen molar-refractivity contribution in [3.8, 4) is 0 Å². The summed E-state index contributed by atoms with van der Waals surface area (Å²) in [5.74, 6) is -0.0126. The molecule has 0 atom stereocenters. The third kappa shape index (κ3) is 4.12. The third-order valence-corrected chi connectivity index (χ3v) is 4.36. The zero-order valence-corrected chi connectivity index (χ0v) is 13.1. The number of sulfonamides is 1. The van der Waals surface area contributed by atoms with Gasteiger partial charge in [-0.1, -0.05) is 12.1 Å². The van der Waals surface area contributed by atoms with E-state index in [0.29, 0.717) is 5.82 Å². The smallest absolute Gasteiger partial charge is 0.256 e. The van der Waals surface area contributed by atoms with Gasteiger partial charge in [0.15, 0.2) is 0 Å². The molecular formula is C15H17N3O3S. The summed E-state index contributed by atoms with van der Waals surface area (Å²) < 4.78 is 26.7. The van der Waals surface area contributed by atoms with Gasteiger partial charge in [-0.2, -0.15) is 0 Å². The Kier molecular flexibility index (Phi) is 4.89. The molecular weight excluding hydrogens is 302 g/mol. The van der Waals surface area contributed by atoms with Gasteiger partial charge in [-0.05, 0) is 44.2 Å². The van der Waals surface area contributed by atoms with Crippen LogP contribution in [-0.4, -0.2) is 25.4 Å². The van der Waals surface area contributed by atoms with Crippen LogP contribution in [-0.2, 0) is 10.0 Å².